The zero-order chi connectivity index (χ0) is 28.4. The highest BCUT2D eigenvalue weighted by atomic mass is 79.9. The molecule has 1 aliphatic rings. The molecule has 0 aliphatic carbocycles. The van der Waals surface area contributed by atoms with Crippen LogP contribution in [-0.2, 0) is 5.60 Å². The van der Waals surface area contributed by atoms with Crippen molar-refractivity contribution in [3.63, 3.8) is 0 Å². The largest absolute Gasteiger partial charge is 0.481 e. The van der Waals surface area contributed by atoms with Crippen molar-refractivity contribution in [3.8, 4) is 5.88 Å². The van der Waals surface area contributed by atoms with Gasteiger partial charge in [-0.1, -0.05) is 88.7 Å². The molecule has 5 aromatic rings. The average Bonchev–Trinajstić information content (AvgIpc) is 3.01. The number of hydrogen-bond acceptors (Lipinski definition) is 5. The fraction of sp³-hybridized carbons (Fsp3) is 0.286. The third-order valence-electron chi connectivity index (χ3n) is 8.55. The fourth-order valence-corrected chi connectivity index (χ4v) is 6.69. The molecule has 2 heterocycles. The highest BCUT2D eigenvalue weighted by Crippen LogP contribution is 2.49. The first kappa shape index (κ1) is 27.9. The highest BCUT2D eigenvalue weighted by molar-refractivity contribution is 9.10. The van der Waals surface area contributed by atoms with Gasteiger partial charge in [-0.15, -0.1) is 0 Å². The lowest BCUT2D eigenvalue weighted by atomic mass is 9.70. The van der Waals surface area contributed by atoms with Crippen LogP contribution in [0.1, 0.15) is 29.0 Å². The minimum absolute atomic E-state index is 0.423. The van der Waals surface area contributed by atoms with Gasteiger partial charge < -0.3 is 19.6 Å². The third-order valence-corrected chi connectivity index (χ3v) is 9.04. The maximum absolute atomic E-state index is 13.3. The Morgan fingerprint density at radius 1 is 0.878 bits per heavy atom. The summed E-state index contributed by atoms with van der Waals surface area (Å²) in [5, 5.41) is 16.5. The van der Waals surface area contributed by atoms with E-state index < -0.39 is 11.5 Å². The van der Waals surface area contributed by atoms with Crippen molar-refractivity contribution in [2.45, 2.75) is 17.9 Å². The topological polar surface area (TPSA) is 48.8 Å². The Balaban J connectivity index is 1.58. The number of halogens is 1. The van der Waals surface area contributed by atoms with E-state index in [1.165, 1.54) is 0 Å². The van der Waals surface area contributed by atoms with Crippen molar-refractivity contribution in [1.82, 2.24) is 14.8 Å². The number of methoxy groups -OCH3 is 1. The molecule has 1 saturated heterocycles. The predicted molar refractivity (Wildman–Crippen MR) is 171 cm³/mol. The normalized spacial score (nSPS) is 17.0. The molecule has 6 rings (SSSR count). The Morgan fingerprint density at radius 3 is 2.39 bits per heavy atom. The van der Waals surface area contributed by atoms with Crippen molar-refractivity contribution in [1.29, 1.82) is 0 Å². The van der Waals surface area contributed by atoms with E-state index in [0.717, 1.165) is 75.6 Å². The lowest BCUT2D eigenvalue weighted by Crippen LogP contribution is -2.47. The number of pyridine rings is 1. The number of aromatic nitrogens is 1. The van der Waals surface area contributed by atoms with Crippen molar-refractivity contribution in [3.05, 3.63) is 118 Å². The third kappa shape index (κ3) is 5.62. The van der Waals surface area contributed by atoms with E-state index in [2.05, 4.69) is 99.5 Å². The lowest BCUT2D eigenvalue weighted by Gasteiger charge is -2.41. The second-order valence-electron chi connectivity index (χ2n) is 11.1. The molecule has 4 aromatic carbocycles. The number of ether oxygens (including phenoxy) is 1. The van der Waals surface area contributed by atoms with Crippen LogP contribution in [0.15, 0.2) is 102 Å². The van der Waals surface area contributed by atoms with Crippen LogP contribution in [0.5, 0.6) is 5.88 Å². The Morgan fingerprint density at radius 2 is 1.61 bits per heavy atom. The van der Waals surface area contributed by atoms with Crippen LogP contribution in [0.2, 0.25) is 0 Å². The zero-order valence-corrected chi connectivity index (χ0v) is 25.2. The summed E-state index contributed by atoms with van der Waals surface area (Å²) in [6.07, 6.45) is 0.559. The molecule has 0 bridgehead atoms. The minimum atomic E-state index is -1.25. The van der Waals surface area contributed by atoms with Gasteiger partial charge in [-0.25, -0.2) is 4.98 Å². The number of aliphatic hydroxyl groups is 1. The number of rotatable bonds is 8. The summed E-state index contributed by atoms with van der Waals surface area (Å²) in [7, 11) is 3.84. The number of benzene rings is 4. The van der Waals surface area contributed by atoms with E-state index in [9.17, 15) is 5.11 Å². The van der Waals surface area contributed by atoms with Crippen molar-refractivity contribution in [2.24, 2.45) is 0 Å². The Kier molecular flexibility index (Phi) is 8.09. The van der Waals surface area contributed by atoms with E-state index in [1.807, 2.05) is 30.3 Å². The average molecular weight is 611 g/mol. The van der Waals surface area contributed by atoms with Gasteiger partial charge in [-0.2, -0.15) is 0 Å². The van der Waals surface area contributed by atoms with Gasteiger partial charge in [0, 0.05) is 54.1 Å². The molecule has 0 radical (unpaired) electrons. The molecule has 41 heavy (non-hydrogen) atoms. The fourth-order valence-electron chi connectivity index (χ4n) is 6.31. The van der Waals surface area contributed by atoms with E-state index in [0.29, 0.717) is 12.3 Å². The standard InChI is InChI=1S/C35H36BrN3O2/c1-38-19-21-39(22-20-38)18-17-35(40,31-14-8-12-25-9-6-7-13-29(25)31)33(26-10-4-3-5-11-26)30-24-27-23-28(36)15-16-32(27)37-34(30)41-2/h3-16,23-24,33,40H,17-22H2,1-2H3. The molecule has 1 aromatic heterocycles. The summed E-state index contributed by atoms with van der Waals surface area (Å²) in [5.41, 5.74) is 2.43. The van der Waals surface area contributed by atoms with Gasteiger partial charge in [-0.3, -0.25) is 0 Å². The smallest absolute Gasteiger partial charge is 0.217 e. The zero-order valence-electron chi connectivity index (χ0n) is 23.6. The van der Waals surface area contributed by atoms with Crippen molar-refractivity contribution < 1.29 is 9.84 Å². The number of piperazine rings is 1. The second-order valence-corrected chi connectivity index (χ2v) is 12.0. The van der Waals surface area contributed by atoms with E-state index in [4.69, 9.17) is 9.72 Å². The molecule has 210 valence electrons. The van der Waals surface area contributed by atoms with Gasteiger partial charge in [0.15, 0.2) is 0 Å². The lowest BCUT2D eigenvalue weighted by molar-refractivity contribution is -0.00187. The molecule has 6 heteroatoms. The van der Waals surface area contributed by atoms with Crippen LogP contribution in [0.4, 0.5) is 0 Å². The molecule has 5 nitrogen and oxygen atoms in total. The Bertz CT molecular complexity index is 1650. The molecule has 1 N–H and O–H groups in total. The number of fused-ring (bicyclic) bond motifs is 2. The second kappa shape index (κ2) is 11.9. The summed E-state index contributed by atoms with van der Waals surface area (Å²) in [6.45, 7) is 4.84. The SMILES string of the molecule is COc1nc2ccc(Br)cc2cc1C(c1ccccc1)C(O)(CCN1CCN(C)CC1)c1cccc2ccccc12. The summed E-state index contributed by atoms with van der Waals surface area (Å²) in [4.78, 5) is 9.78. The van der Waals surface area contributed by atoms with Gasteiger partial charge in [0.2, 0.25) is 5.88 Å². The van der Waals surface area contributed by atoms with Crippen LogP contribution in [0, 0.1) is 0 Å². The number of nitrogens with zero attached hydrogens (tertiary/aromatic N) is 3. The Labute approximate surface area is 250 Å². The summed E-state index contributed by atoms with van der Waals surface area (Å²) in [5.74, 6) is 0.111. The Hall–Kier alpha value is -3.29. The first-order chi connectivity index (χ1) is 20.0. The van der Waals surface area contributed by atoms with Crippen LogP contribution in [-0.4, -0.2) is 66.8 Å². The van der Waals surface area contributed by atoms with Gasteiger partial charge in [-0.05, 0) is 59.6 Å². The van der Waals surface area contributed by atoms with Gasteiger partial charge in [0.25, 0.3) is 0 Å². The molecule has 0 amide bonds. The van der Waals surface area contributed by atoms with E-state index in [-0.39, 0.29) is 0 Å². The maximum atomic E-state index is 13.3. The maximum Gasteiger partial charge on any atom is 0.217 e. The highest BCUT2D eigenvalue weighted by Gasteiger charge is 2.43. The summed E-state index contributed by atoms with van der Waals surface area (Å²) >= 11 is 3.63. The van der Waals surface area contributed by atoms with E-state index in [1.54, 1.807) is 7.11 Å². The van der Waals surface area contributed by atoms with Crippen LogP contribution in [0.3, 0.4) is 0 Å². The molecule has 0 saturated carbocycles. The van der Waals surface area contributed by atoms with E-state index >= 15 is 0 Å². The van der Waals surface area contributed by atoms with Gasteiger partial charge in [0.1, 0.15) is 5.60 Å². The van der Waals surface area contributed by atoms with Crippen molar-refractivity contribution >= 4 is 37.6 Å². The first-order valence-corrected chi connectivity index (χ1v) is 15.1. The number of likely N-dealkylation sites (N-methyl/N-ethyl adjacent to an activating group) is 1. The molecule has 2 atom stereocenters. The van der Waals surface area contributed by atoms with Crippen LogP contribution < -0.4 is 4.74 Å². The van der Waals surface area contributed by atoms with Gasteiger partial charge >= 0.3 is 0 Å². The van der Waals surface area contributed by atoms with Crippen LogP contribution in [0.25, 0.3) is 21.7 Å². The minimum Gasteiger partial charge on any atom is -0.481 e. The first-order valence-electron chi connectivity index (χ1n) is 14.3. The summed E-state index contributed by atoms with van der Waals surface area (Å²) < 4.78 is 6.95. The quantitative estimate of drug-likeness (QED) is 0.209. The molecular formula is C35H36BrN3O2. The van der Waals surface area contributed by atoms with Crippen molar-refractivity contribution in [2.75, 3.05) is 46.9 Å². The summed E-state index contributed by atoms with van der Waals surface area (Å²) in [6, 6.07) is 33.2. The molecule has 1 aliphatic heterocycles. The number of hydrogen-bond donors (Lipinski definition) is 1. The molecule has 1 fully saturated rings. The monoisotopic (exact) mass is 609 g/mol. The molecular weight excluding hydrogens is 574 g/mol. The van der Waals surface area contributed by atoms with Crippen LogP contribution >= 0.6 is 15.9 Å². The van der Waals surface area contributed by atoms with Gasteiger partial charge in [0.05, 0.1) is 12.6 Å². The molecule has 0 spiro atoms. The predicted octanol–water partition coefficient (Wildman–Crippen LogP) is 6.82. The molecule has 2 unspecified atom stereocenters.